The predicted molar refractivity (Wildman–Crippen MR) is 67.5 cm³/mol. The summed E-state index contributed by atoms with van der Waals surface area (Å²) in [6.07, 6.45) is 1.97. The van der Waals surface area contributed by atoms with E-state index in [0.717, 1.165) is 19.4 Å². The molecule has 0 radical (unpaired) electrons. The largest absolute Gasteiger partial charge is 0.336 e. The van der Waals surface area contributed by atoms with Gasteiger partial charge in [0.05, 0.1) is 4.90 Å². The van der Waals surface area contributed by atoms with Gasteiger partial charge in [0.15, 0.2) is 0 Å². The molecule has 0 spiro atoms. The fourth-order valence-electron chi connectivity index (χ4n) is 2.21. The summed E-state index contributed by atoms with van der Waals surface area (Å²) in [5.74, 6) is -0.134. The zero-order valence-electron chi connectivity index (χ0n) is 10.2. The molecule has 2 N–H and O–H groups in total. The lowest BCUT2D eigenvalue weighted by molar-refractivity contribution is 0.0747. The summed E-state index contributed by atoms with van der Waals surface area (Å²) in [6, 6.07) is 6.08. The van der Waals surface area contributed by atoms with E-state index in [1.54, 1.807) is 11.0 Å². The van der Waals surface area contributed by atoms with Crippen molar-refractivity contribution in [2.45, 2.75) is 30.7 Å². The molecule has 1 atom stereocenters. The molecule has 0 saturated carbocycles. The molecular formula is C12H16N2O3S. The summed E-state index contributed by atoms with van der Waals surface area (Å²) in [4.78, 5) is 14.0. The van der Waals surface area contributed by atoms with Crippen molar-refractivity contribution in [1.82, 2.24) is 4.90 Å². The number of primary sulfonamides is 1. The topological polar surface area (TPSA) is 80.5 Å². The van der Waals surface area contributed by atoms with Crippen LogP contribution in [0.1, 0.15) is 30.1 Å². The summed E-state index contributed by atoms with van der Waals surface area (Å²) in [5.41, 5.74) is 0.371. The molecule has 1 heterocycles. The van der Waals surface area contributed by atoms with Gasteiger partial charge in [-0.25, -0.2) is 13.6 Å². The molecule has 5 nitrogen and oxygen atoms in total. The molecule has 0 bridgehead atoms. The quantitative estimate of drug-likeness (QED) is 0.867. The fraction of sp³-hybridized carbons (Fsp3) is 0.417. The van der Waals surface area contributed by atoms with Crippen molar-refractivity contribution in [3.63, 3.8) is 0 Å². The lowest BCUT2D eigenvalue weighted by atomic mass is 10.2. The van der Waals surface area contributed by atoms with Gasteiger partial charge in [-0.2, -0.15) is 0 Å². The maximum absolute atomic E-state index is 12.2. The third kappa shape index (κ3) is 2.54. The van der Waals surface area contributed by atoms with Gasteiger partial charge >= 0.3 is 0 Å². The minimum atomic E-state index is -3.77. The van der Waals surface area contributed by atoms with Crippen molar-refractivity contribution in [3.05, 3.63) is 29.8 Å². The molecule has 18 heavy (non-hydrogen) atoms. The molecule has 0 aliphatic carbocycles. The number of hydrogen-bond donors (Lipinski definition) is 1. The normalized spacial score (nSPS) is 20.1. The average molecular weight is 268 g/mol. The first-order chi connectivity index (χ1) is 8.39. The van der Waals surface area contributed by atoms with Gasteiger partial charge in [0, 0.05) is 18.2 Å². The van der Waals surface area contributed by atoms with Gasteiger partial charge in [0.2, 0.25) is 10.0 Å². The van der Waals surface area contributed by atoms with Crippen LogP contribution < -0.4 is 5.14 Å². The summed E-state index contributed by atoms with van der Waals surface area (Å²) in [6.45, 7) is 2.72. The van der Waals surface area contributed by atoms with Crippen LogP contribution in [0.3, 0.4) is 0 Å². The lowest BCUT2D eigenvalue weighted by Crippen LogP contribution is -2.33. The highest BCUT2D eigenvalue weighted by Gasteiger charge is 2.26. The highest BCUT2D eigenvalue weighted by atomic mass is 32.2. The van der Waals surface area contributed by atoms with E-state index in [-0.39, 0.29) is 16.8 Å². The van der Waals surface area contributed by atoms with Crippen molar-refractivity contribution in [1.29, 1.82) is 0 Å². The third-order valence-corrected chi connectivity index (χ3v) is 4.13. The van der Waals surface area contributed by atoms with Crippen molar-refractivity contribution >= 4 is 15.9 Å². The number of nitrogens with zero attached hydrogens (tertiary/aromatic N) is 1. The SMILES string of the molecule is CC1CCCN1C(=O)c1cccc(S(N)(=O)=O)c1. The van der Waals surface area contributed by atoms with Crippen LogP contribution in [0.5, 0.6) is 0 Å². The highest BCUT2D eigenvalue weighted by Crippen LogP contribution is 2.20. The smallest absolute Gasteiger partial charge is 0.254 e. The molecule has 6 heteroatoms. The minimum absolute atomic E-state index is 0.0276. The number of rotatable bonds is 2. The second-order valence-electron chi connectivity index (χ2n) is 4.56. The Hall–Kier alpha value is -1.40. The van der Waals surface area contributed by atoms with Gasteiger partial charge in [0.25, 0.3) is 5.91 Å². The fourth-order valence-corrected chi connectivity index (χ4v) is 2.77. The van der Waals surface area contributed by atoms with E-state index in [1.807, 2.05) is 6.92 Å². The molecular weight excluding hydrogens is 252 g/mol. The molecule has 1 aliphatic rings. The molecule has 1 unspecified atom stereocenters. The maximum Gasteiger partial charge on any atom is 0.254 e. The number of carbonyl (C=O) groups is 1. The Balaban J connectivity index is 2.31. The van der Waals surface area contributed by atoms with Gasteiger partial charge in [-0.15, -0.1) is 0 Å². The Bertz CT molecular complexity index is 568. The van der Waals surface area contributed by atoms with E-state index in [1.165, 1.54) is 18.2 Å². The van der Waals surface area contributed by atoms with Crippen LogP contribution in [0.15, 0.2) is 29.2 Å². The Labute approximate surface area is 107 Å². The highest BCUT2D eigenvalue weighted by molar-refractivity contribution is 7.89. The third-order valence-electron chi connectivity index (χ3n) is 3.22. The monoisotopic (exact) mass is 268 g/mol. The molecule has 1 fully saturated rings. The summed E-state index contributed by atoms with van der Waals surface area (Å²) in [7, 11) is -3.77. The summed E-state index contributed by atoms with van der Waals surface area (Å²) in [5, 5.41) is 5.05. The molecule has 1 saturated heterocycles. The number of hydrogen-bond acceptors (Lipinski definition) is 3. The Morgan fingerprint density at radius 3 is 2.72 bits per heavy atom. The second kappa shape index (κ2) is 4.70. The summed E-state index contributed by atoms with van der Waals surface area (Å²) < 4.78 is 22.5. The van der Waals surface area contributed by atoms with E-state index >= 15 is 0 Å². The van der Waals surface area contributed by atoms with Crippen molar-refractivity contribution in [2.75, 3.05) is 6.54 Å². The van der Waals surface area contributed by atoms with Crippen LogP contribution in [0, 0.1) is 0 Å². The molecule has 1 aliphatic heterocycles. The number of sulfonamides is 1. The average Bonchev–Trinajstić information content (AvgIpc) is 2.73. The molecule has 98 valence electrons. The van der Waals surface area contributed by atoms with Crippen LogP contribution >= 0.6 is 0 Å². The van der Waals surface area contributed by atoms with E-state index in [2.05, 4.69) is 0 Å². The van der Waals surface area contributed by atoms with Gasteiger partial charge in [-0.3, -0.25) is 4.79 Å². The van der Waals surface area contributed by atoms with Crippen LogP contribution in [-0.2, 0) is 10.0 Å². The molecule has 1 aromatic rings. The Kier molecular flexibility index (Phi) is 3.41. The Morgan fingerprint density at radius 1 is 1.44 bits per heavy atom. The number of carbonyl (C=O) groups excluding carboxylic acids is 1. The van der Waals surface area contributed by atoms with Crippen LogP contribution in [0.25, 0.3) is 0 Å². The lowest BCUT2D eigenvalue weighted by Gasteiger charge is -2.21. The first kappa shape index (κ1) is 13.0. The number of amides is 1. The minimum Gasteiger partial charge on any atom is -0.336 e. The van der Waals surface area contributed by atoms with E-state index in [4.69, 9.17) is 5.14 Å². The first-order valence-corrected chi connectivity index (χ1v) is 7.38. The van der Waals surface area contributed by atoms with Gasteiger partial charge < -0.3 is 4.90 Å². The van der Waals surface area contributed by atoms with E-state index < -0.39 is 10.0 Å². The number of nitrogens with two attached hydrogens (primary N) is 1. The van der Waals surface area contributed by atoms with Gasteiger partial charge in [0.1, 0.15) is 0 Å². The van der Waals surface area contributed by atoms with Gasteiger partial charge in [-0.1, -0.05) is 6.07 Å². The van der Waals surface area contributed by atoms with Crippen molar-refractivity contribution in [2.24, 2.45) is 5.14 Å². The van der Waals surface area contributed by atoms with E-state index in [0.29, 0.717) is 5.56 Å². The van der Waals surface area contributed by atoms with Crippen molar-refractivity contribution in [3.8, 4) is 0 Å². The van der Waals surface area contributed by atoms with Crippen LogP contribution in [0.2, 0.25) is 0 Å². The number of likely N-dealkylation sites (tertiary alicyclic amines) is 1. The van der Waals surface area contributed by atoms with Gasteiger partial charge in [-0.05, 0) is 38.0 Å². The second-order valence-corrected chi connectivity index (χ2v) is 6.12. The molecule has 2 rings (SSSR count). The molecule has 0 aromatic heterocycles. The maximum atomic E-state index is 12.2. The summed E-state index contributed by atoms with van der Waals surface area (Å²) >= 11 is 0. The zero-order valence-corrected chi connectivity index (χ0v) is 11.0. The molecule has 1 aromatic carbocycles. The van der Waals surface area contributed by atoms with E-state index in [9.17, 15) is 13.2 Å². The predicted octanol–water partition coefficient (Wildman–Crippen LogP) is 0.959. The standard InChI is InChI=1S/C12H16N2O3S/c1-9-4-3-7-14(9)12(15)10-5-2-6-11(8-10)18(13,16)17/h2,5-6,8-9H,3-4,7H2,1H3,(H2,13,16,17). The number of benzene rings is 1. The van der Waals surface area contributed by atoms with Crippen LogP contribution in [0.4, 0.5) is 0 Å². The van der Waals surface area contributed by atoms with Crippen molar-refractivity contribution < 1.29 is 13.2 Å². The van der Waals surface area contributed by atoms with Crippen LogP contribution in [-0.4, -0.2) is 31.8 Å². The first-order valence-electron chi connectivity index (χ1n) is 5.83. The Morgan fingerprint density at radius 2 is 2.17 bits per heavy atom. The molecule has 1 amide bonds. The zero-order chi connectivity index (χ0) is 13.3.